The monoisotopic (exact) mass is 561 g/mol. The summed E-state index contributed by atoms with van der Waals surface area (Å²) in [5.41, 5.74) is 4.10. The highest BCUT2D eigenvalue weighted by Crippen LogP contribution is 2.34. The van der Waals surface area contributed by atoms with Gasteiger partial charge < -0.3 is 34.6 Å². The van der Waals surface area contributed by atoms with Gasteiger partial charge in [-0.3, -0.25) is 0 Å². The molecule has 0 amide bonds. The van der Waals surface area contributed by atoms with Crippen molar-refractivity contribution >= 4 is 21.9 Å². The molecular formula is C32H35NO8. The zero-order valence-corrected chi connectivity index (χ0v) is 22.8. The van der Waals surface area contributed by atoms with Crippen LogP contribution in [0.3, 0.4) is 0 Å². The Morgan fingerprint density at radius 1 is 0.610 bits per heavy atom. The van der Waals surface area contributed by atoms with E-state index in [0.717, 1.165) is 36.8 Å². The predicted octanol–water partition coefficient (Wildman–Crippen LogP) is 2.74. The van der Waals surface area contributed by atoms with Crippen molar-refractivity contribution in [3.8, 4) is 0 Å². The summed E-state index contributed by atoms with van der Waals surface area (Å²) in [5, 5.41) is 48.3. The first-order valence-electron chi connectivity index (χ1n) is 14.4. The number of benzene rings is 2. The molecule has 2 aromatic heterocycles. The van der Waals surface area contributed by atoms with Crippen LogP contribution in [0.25, 0.3) is 21.9 Å². The fourth-order valence-electron chi connectivity index (χ4n) is 6.56. The van der Waals surface area contributed by atoms with Crippen LogP contribution in [-0.2, 0) is 25.7 Å². The second-order valence-electron chi connectivity index (χ2n) is 11.2. The van der Waals surface area contributed by atoms with E-state index in [-0.39, 0.29) is 24.3 Å². The second kappa shape index (κ2) is 11.5. The number of fused-ring (bicyclic) bond motifs is 6. The molecule has 2 aromatic carbocycles. The molecule has 216 valence electrons. The standard InChI is InChI=1S/C32H35NO8/c34-23(29(36)21-11-5-13-25-27(21)17-7-1-3-9-19(17)31(38)40-25)15-33-16-24(35)30(37)22-12-6-14-26-28(22)18-8-2-4-10-20(18)32(39)41-26/h5-6,11-14,23-24,29-30,33-37H,1-4,7-10,15-16H2. The summed E-state index contributed by atoms with van der Waals surface area (Å²) >= 11 is 0. The molecule has 4 atom stereocenters. The SMILES string of the molecule is O=c1oc2cccc(C(O)C(O)CNCC(O)C(O)c3cccc4oc(=O)c5c(c34)CCCC5)c2c2c1CCCC2. The maximum Gasteiger partial charge on any atom is 0.339 e. The molecule has 4 unspecified atom stereocenters. The number of aryl methyl sites for hydroxylation is 2. The topological polar surface area (TPSA) is 153 Å². The van der Waals surface area contributed by atoms with Gasteiger partial charge in [-0.15, -0.1) is 0 Å². The van der Waals surface area contributed by atoms with Crippen molar-refractivity contribution < 1.29 is 29.3 Å². The van der Waals surface area contributed by atoms with E-state index in [4.69, 9.17) is 8.83 Å². The first-order chi connectivity index (χ1) is 19.8. The van der Waals surface area contributed by atoms with Gasteiger partial charge in [0.15, 0.2) is 0 Å². The molecule has 2 aliphatic carbocycles. The van der Waals surface area contributed by atoms with Gasteiger partial charge in [0.25, 0.3) is 0 Å². The van der Waals surface area contributed by atoms with Crippen molar-refractivity contribution in [2.24, 2.45) is 0 Å². The summed E-state index contributed by atoms with van der Waals surface area (Å²) in [4.78, 5) is 24.9. The minimum atomic E-state index is -1.26. The van der Waals surface area contributed by atoms with Gasteiger partial charge in [-0.2, -0.15) is 0 Å². The summed E-state index contributed by atoms with van der Waals surface area (Å²) in [7, 11) is 0. The first-order valence-corrected chi connectivity index (χ1v) is 14.4. The Balaban J connectivity index is 1.17. The summed E-state index contributed by atoms with van der Waals surface area (Å²) < 4.78 is 11.1. The third-order valence-electron chi connectivity index (χ3n) is 8.63. The summed E-state index contributed by atoms with van der Waals surface area (Å²) in [6, 6.07) is 10.2. The molecule has 9 heteroatoms. The van der Waals surface area contributed by atoms with Gasteiger partial charge >= 0.3 is 11.3 Å². The molecule has 2 aliphatic rings. The van der Waals surface area contributed by atoms with E-state index in [1.165, 1.54) is 0 Å². The lowest BCUT2D eigenvalue weighted by Crippen LogP contribution is -2.38. The Morgan fingerprint density at radius 2 is 1.00 bits per heavy atom. The van der Waals surface area contributed by atoms with Crippen molar-refractivity contribution in [1.29, 1.82) is 0 Å². The van der Waals surface area contributed by atoms with Crippen LogP contribution in [0.4, 0.5) is 0 Å². The largest absolute Gasteiger partial charge is 0.422 e. The second-order valence-corrected chi connectivity index (χ2v) is 11.2. The average molecular weight is 562 g/mol. The lowest BCUT2D eigenvalue weighted by atomic mass is 9.87. The van der Waals surface area contributed by atoms with Crippen LogP contribution in [0.1, 0.15) is 71.3 Å². The molecule has 2 heterocycles. The van der Waals surface area contributed by atoms with Gasteiger partial charge in [-0.25, -0.2) is 9.59 Å². The van der Waals surface area contributed by atoms with E-state index >= 15 is 0 Å². The van der Waals surface area contributed by atoms with E-state index in [0.29, 0.717) is 69.9 Å². The summed E-state index contributed by atoms with van der Waals surface area (Å²) in [6.45, 7) is -0.111. The normalized spacial score (nSPS) is 18.0. The first kappa shape index (κ1) is 27.8. The lowest BCUT2D eigenvalue weighted by Gasteiger charge is -2.25. The highest BCUT2D eigenvalue weighted by Gasteiger charge is 2.28. The van der Waals surface area contributed by atoms with Crippen LogP contribution in [0, 0.1) is 0 Å². The minimum Gasteiger partial charge on any atom is -0.422 e. The molecule has 0 fully saturated rings. The molecule has 0 saturated carbocycles. The molecule has 0 bridgehead atoms. The molecule has 41 heavy (non-hydrogen) atoms. The van der Waals surface area contributed by atoms with E-state index in [1.807, 2.05) is 0 Å². The number of nitrogens with one attached hydrogen (secondary N) is 1. The van der Waals surface area contributed by atoms with Crippen molar-refractivity contribution in [2.75, 3.05) is 13.1 Å². The van der Waals surface area contributed by atoms with Crippen LogP contribution in [0.2, 0.25) is 0 Å². The van der Waals surface area contributed by atoms with Gasteiger partial charge in [0.2, 0.25) is 0 Å². The Kier molecular flexibility index (Phi) is 7.80. The van der Waals surface area contributed by atoms with Gasteiger partial charge in [0.05, 0.1) is 12.2 Å². The molecule has 0 aliphatic heterocycles. The zero-order valence-electron chi connectivity index (χ0n) is 22.8. The summed E-state index contributed by atoms with van der Waals surface area (Å²) in [5.74, 6) is 0. The van der Waals surface area contributed by atoms with Crippen LogP contribution in [-0.4, -0.2) is 45.7 Å². The van der Waals surface area contributed by atoms with E-state index in [2.05, 4.69) is 5.32 Å². The quantitative estimate of drug-likeness (QED) is 0.204. The van der Waals surface area contributed by atoms with E-state index in [9.17, 15) is 30.0 Å². The third kappa shape index (κ3) is 5.13. The van der Waals surface area contributed by atoms with Gasteiger partial charge in [-0.1, -0.05) is 24.3 Å². The van der Waals surface area contributed by atoms with Gasteiger partial charge in [0.1, 0.15) is 23.4 Å². The smallest absolute Gasteiger partial charge is 0.339 e. The molecule has 0 saturated heterocycles. The van der Waals surface area contributed by atoms with Gasteiger partial charge in [0, 0.05) is 35.0 Å². The number of hydrogen-bond acceptors (Lipinski definition) is 9. The van der Waals surface area contributed by atoms with Crippen LogP contribution in [0.15, 0.2) is 54.8 Å². The highest BCUT2D eigenvalue weighted by molar-refractivity contribution is 5.86. The number of rotatable bonds is 8. The van der Waals surface area contributed by atoms with Crippen molar-refractivity contribution in [3.63, 3.8) is 0 Å². The Labute approximate surface area is 236 Å². The maximum atomic E-state index is 12.5. The molecule has 4 aromatic rings. The van der Waals surface area contributed by atoms with E-state index in [1.54, 1.807) is 36.4 Å². The predicted molar refractivity (Wildman–Crippen MR) is 153 cm³/mol. The van der Waals surface area contributed by atoms with Gasteiger partial charge in [-0.05, 0) is 85.8 Å². The maximum absolute atomic E-state index is 12.5. The average Bonchev–Trinajstić information content (AvgIpc) is 2.99. The third-order valence-corrected chi connectivity index (χ3v) is 8.63. The fourth-order valence-corrected chi connectivity index (χ4v) is 6.56. The Hall–Kier alpha value is -3.34. The van der Waals surface area contributed by atoms with Crippen LogP contribution in [0.5, 0.6) is 0 Å². The molecule has 0 spiro atoms. The summed E-state index contributed by atoms with van der Waals surface area (Å²) in [6.07, 6.45) is 1.39. The molecule has 6 rings (SSSR count). The van der Waals surface area contributed by atoms with Crippen molar-refractivity contribution in [2.45, 2.75) is 75.8 Å². The molecule has 0 radical (unpaired) electrons. The Morgan fingerprint density at radius 3 is 1.41 bits per heavy atom. The number of hydrogen-bond donors (Lipinski definition) is 5. The highest BCUT2D eigenvalue weighted by atomic mass is 16.4. The van der Waals surface area contributed by atoms with E-state index < -0.39 is 24.4 Å². The van der Waals surface area contributed by atoms with Crippen LogP contribution >= 0.6 is 0 Å². The minimum absolute atomic E-state index is 0.0554. The van der Waals surface area contributed by atoms with Crippen molar-refractivity contribution in [1.82, 2.24) is 5.32 Å². The lowest BCUT2D eigenvalue weighted by molar-refractivity contribution is 0.00395. The number of aliphatic hydroxyl groups excluding tert-OH is 4. The molecule has 5 N–H and O–H groups in total. The molecule has 9 nitrogen and oxygen atoms in total. The number of aliphatic hydroxyl groups is 4. The zero-order chi connectivity index (χ0) is 28.7. The fraction of sp³-hybridized carbons (Fsp3) is 0.438. The molecular weight excluding hydrogens is 526 g/mol. The van der Waals surface area contributed by atoms with Crippen LogP contribution < -0.4 is 16.6 Å². The Bertz CT molecular complexity index is 1580. The van der Waals surface area contributed by atoms with Crippen molar-refractivity contribution in [3.05, 3.63) is 90.6 Å².